The Kier molecular flexibility index (Phi) is 33.1. The molecule has 768 valence electrons. The Morgan fingerprint density at radius 2 is 0.473 bits per heavy atom. The van der Waals surface area contributed by atoms with E-state index in [1.807, 2.05) is 0 Å². The van der Waals surface area contributed by atoms with Gasteiger partial charge in [-0.1, -0.05) is 0 Å². The number of nitro groups is 2. The minimum Gasteiger partial charge on any atom is -0.258 e. The van der Waals surface area contributed by atoms with Crippen LogP contribution in [0, 0.1) is 163 Å². The molecule has 4 aromatic rings. The van der Waals surface area contributed by atoms with Gasteiger partial charge >= 0.3 is 67.4 Å². The van der Waals surface area contributed by atoms with Crippen molar-refractivity contribution in [2.75, 3.05) is 12.5 Å². The molecule has 12 rings (SSSR count). The first-order valence-corrected chi connectivity index (χ1v) is 50.2. The topological polar surface area (TPSA) is 448 Å². The summed E-state index contributed by atoms with van der Waals surface area (Å²) in [6.45, 7) is 62.1. The molecule has 0 aliphatic heterocycles. The fourth-order valence-corrected chi connectivity index (χ4v) is 27.5. The number of sulfone groups is 4. The van der Waals surface area contributed by atoms with Crippen molar-refractivity contribution in [3.63, 3.8) is 0 Å². The monoisotopic (exact) mass is 2290 g/mol. The zero-order chi connectivity index (χ0) is 114. The Balaban J connectivity index is 0.000000223. The lowest BCUT2D eigenvalue weighted by Crippen LogP contribution is -2.39. The Morgan fingerprint density at radius 3 is 0.760 bits per heavy atom. The number of thioether (sulfide) groups is 6. The molecule has 0 N–H and O–H groups in total. The second kappa shape index (κ2) is 42.0. The molecule has 8 aliphatic rings. The van der Waals surface area contributed by atoms with Crippen LogP contribution in [-0.4, -0.2) is 100 Å². The summed E-state index contributed by atoms with van der Waals surface area (Å²) in [6.07, 6.45) is -4.75. The van der Waals surface area contributed by atoms with Crippen molar-refractivity contribution in [1.82, 2.24) is 0 Å². The van der Waals surface area contributed by atoms with Crippen molar-refractivity contribution in [1.29, 1.82) is 42.1 Å². The highest BCUT2D eigenvalue weighted by Crippen LogP contribution is 2.55. The van der Waals surface area contributed by atoms with Crippen LogP contribution in [-0.2, 0) is 90.7 Å². The van der Waals surface area contributed by atoms with E-state index in [0.717, 1.165) is 31.6 Å². The normalized spacial score (nSPS) is 14.8. The molecule has 0 spiro atoms. The second-order valence-corrected chi connectivity index (χ2v) is 44.5. The van der Waals surface area contributed by atoms with Crippen LogP contribution in [0.25, 0.3) is 80.7 Å². The van der Waals surface area contributed by atoms with E-state index in [0.29, 0.717) is 0 Å². The lowest BCUT2D eigenvalue weighted by molar-refractivity contribution is -0.391. The largest absolute Gasteiger partial charge is 0.523 e. The maximum Gasteiger partial charge on any atom is 0.523 e. The number of allylic oxidation sites excluding steroid dienone is 8. The molecule has 0 unspecified atom stereocenters. The third-order valence-electron chi connectivity index (χ3n) is 22.2. The summed E-state index contributed by atoms with van der Waals surface area (Å²) in [7, 11) is -22.1. The minimum absolute atomic E-state index is 0.00500. The third kappa shape index (κ3) is 22.3. The Morgan fingerprint density at radius 1 is 0.280 bits per heavy atom. The van der Waals surface area contributed by atoms with E-state index in [1.165, 1.54) is 57.2 Å². The first-order valence-electron chi connectivity index (χ1n) is 38.6. The van der Waals surface area contributed by atoms with Crippen LogP contribution in [0.4, 0.5) is 117 Å². The molecular formula is C86H34F24N18O12S10. The van der Waals surface area contributed by atoms with Gasteiger partial charge in [0, 0.05) is 106 Å². The zero-order valence-corrected chi connectivity index (χ0v) is 81.9. The summed E-state index contributed by atoms with van der Waals surface area (Å²) in [5.74, 6) is -2.48. The summed E-state index contributed by atoms with van der Waals surface area (Å²) >= 11 is -5.42. The fraction of sp³-hybridized carbons (Fsp3) is 0.256. The summed E-state index contributed by atoms with van der Waals surface area (Å²) in [5.41, 5.74) is -57.5. The smallest absolute Gasteiger partial charge is 0.258 e. The highest BCUT2D eigenvalue weighted by atomic mass is 32.2. The molecule has 30 nitrogen and oxygen atoms in total. The van der Waals surface area contributed by atoms with Crippen molar-refractivity contribution in [2.45, 2.75) is 153 Å². The van der Waals surface area contributed by atoms with Gasteiger partial charge in [0.2, 0.25) is 0 Å². The molecule has 8 aliphatic carbocycles. The van der Waals surface area contributed by atoms with Crippen molar-refractivity contribution in [2.24, 2.45) is 0 Å². The third-order valence-corrected chi connectivity index (χ3v) is 33.1. The van der Waals surface area contributed by atoms with Gasteiger partial charge in [0.15, 0.2) is 19.7 Å². The van der Waals surface area contributed by atoms with Gasteiger partial charge in [0.25, 0.3) is 31.0 Å². The Bertz CT molecular complexity index is 9040. The maximum atomic E-state index is 14.0. The van der Waals surface area contributed by atoms with Gasteiger partial charge in [-0.25, -0.2) is 33.7 Å². The molecule has 64 heteroatoms. The van der Waals surface area contributed by atoms with Crippen molar-refractivity contribution < 1.29 is 149 Å². The van der Waals surface area contributed by atoms with Crippen LogP contribution in [0.3, 0.4) is 0 Å². The van der Waals surface area contributed by atoms with Gasteiger partial charge in [-0.15, -0.1) is 0 Å². The molecule has 0 radical (unpaired) electrons. The molecule has 0 atom stereocenters. The van der Waals surface area contributed by atoms with E-state index < -0.39 is 402 Å². The number of nitriles is 8. The number of rotatable bonds is 12. The number of benzene rings is 4. The zero-order valence-electron chi connectivity index (χ0n) is 73.8. The average molecular weight is 2290 g/mol. The summed E-state index contributed by atoms with van der Waals surface area (Å²) < 4.78 is 432. The molecule has 0 saturated heterocycles. The summed E-state index contributed by atoms with van der Waals surface area (Å²) in [5, 5.41) is 92.6. The van der Waals surface area contributed by atoms with Gasteiger partial charge in [-0.05, 0) is 201 Å². The van der Waals surface area contributed by atoms with Crippen molar-refractivity contribution >= 4 is 163 Å². The highest BCUT2D eigenvalue weighted by Gasteiger charge is 2.57. The predicted molar refractivity (Wildman–Crippen MR) is 481 cm³/mol. The quantitative estimate of drug-likeness (QED) is 0.0317. The van der Waals surface area contributed by atoms with Crippen LogP contribution < -0.4 is 41.7 Å². The second-order valence-electron chi connectivity index (χ2n) is 30.4. The molecular weight excluding hydrogens is 2250 g/mol. The highest BCUT2D eigenvalue weighted by molar-refractivity contribution is 8.10. The number of nitrogens with zero attached hydrogens (tertiary/aromatic N) is 18. The van der Waals surface area contributed by atoms with Gasteiger partial charge in [-0.2, -0.15) is 186 Å². The Hall–Kier alpha value is -15.4. The van der Waals surface area contributed by atoms with Crippen LogP contribution >= 0.6 is 70.6 Å². The number of hydrogen-bond acceptors (Lipinski definition) is 26. The molecule has 150 heavy (non-hydrogen) atoms. The summed E-state index contributed by atoms with van der Waals surface area (Å²) in [6, 6.07) is 10.9. The van der Waals surface area contributed by atoms with E-state index >= 15 is 0 Å². The van der Waals surface area contributed by atoms with Crippen LogP contribution in [0.2, 0.25) is 0 Å². The Labute approximate surface area is 850 Å². The molecule has 0 saturated carbocycles. The van der Waals surface area contributed by atoms with E-state index in [-0.39, 0.29) is 72.2 Å². The van der Waals surface area contributed by atoms with E-state index in [9.17, 15) is 201 Å². The molecule has 0 amide bonds. The molecule has 0 heterocycles. The molecule has 0 fully saturated rings. The average Bonchev–Trinajstić information content (AvgIpc) is 1.51. The van der Waals surface area contributed by atoms with Gasteiger partial charge in [0.1, 0.15) is 123 Å². The molecule has 0 bridgehead atoms. The SMILES string of the molecule is [C-]#[N+]C([N+]#[C-])=C1Cc2c(S(=O)(=O)C(F)(F)F)c3c(c(S(=O)(=O)C(F)(F)F)c2=C1C)CC(=C(C#N)C#N)C=3SC(F)(F)F.[C-]#[N+]C([N+]#[C-])=C1Cc2c(S(C)(=O)=O)c3c(c(S(C)(=O)=O)c2=C1C)CC(=C(C#N)C#N)C=3SC(F)(F)F.[C-]#[N+]C([N+]#[C-])=C1Cc2c(SC(F)(F)F)c3c(c(SC(F)(F)F)c2=C1C)CC(=C(C#N)C#N)C=3SC(F)(F)F.[C-]#[N+]C([N+]#[C-])=C1Cc2c([N+](=O)[O-])c3c(c([N+](=O)[O-])c2=C1C)CC(=C(C#N)C#N)C=3SC(F)(F)F. The van der Waals surface area contributed by atoms with Gasteiger partial charge < -0.3 is 0 Å². The van der Waals surface area contributed by atoms with E-state index in [4.69, 9.17) is 52.6 Å². The lowest BCUT2D eigenvalue weighted by Gasteiger charge is -2.18. The predicted octanol–water partition coefficient (Wildman–Crippen LogP) is 17.3. The lowest BCUT2D eigenvalue weighted by atomic mass is 10.0. The summed E-state index contributed by atoms with van der Waals surface area (Å²) in [4.78, 5) is 35.4. The van der Waals surface area contributed by atoms with E-state index in [2.05, 4.69) is 38.8 Å². The molecule has 0 aromatic heterocycles. The number of hydrogen-bond donors (Lipinski definition) is 0. The maximum absolute atomic E-state index is 14.0. The van der Waals surface area contributed by atoms with Crippen molar-refractivity contribution in [3.05, 3.63) is 288 Å². The first kappa shape index (κ1) is 118. The standard InChI is InChI=1S/C22H7F9N4O4S3.C22H7F9N4S3.C22H13F3N4O4S3.C20H7F3N6O4S/c1-8-10(19(34-2)35-3)4-12-14(8)17(41(36,37)21(26,27)28)13-5-11(9(6-32)7-33)16(40-20(23,24)25)15(13)18(12)42(38,39)22(29,30)31;1-8-10(19(34-2)35-3)4-12-14(8)17(37-21(26,27)28)13-5-11(9(6-32)7-33)16(36-20(23,24)25)15(13)18(12)38-22(29,30)31;1-10-12(21(28-2)29-3)6-14-16(10)19(35(4,30)31)15-7-13(11(8-26)9-27)18(34-22(23,24)25)17(15)20(14)36(5,32)33;1-8-10(19(26-2)27-3)4-12-14(8)16(28(30)31)13-5-11(9(6-24)7-25)18(34-20(21,22)23)15(13)17(12)29(32)33/h4-5H2,1H3;4-5H2,1H3;6-7H2,1,4-5H3;4-5H2,1H3. The van der Waals surface area contributed by atoms with Crippen LogP contribution in [0.15, 0.2) is 120 Å². The van der Waals surface area contributed by atoms with E-state index in [1.54, 1.807) is 0 Å². The van der Waals surface area contributed by atoms with Gasteiger partial charge in [0.05, 0.1) is 67.7 Å². The minimum atomic E-state index is -6.82. The van der Waals surface area contributed by atoms with Crippen molar-refractivity contribution in [3.8, 4) is 48.6 Å². The van der Waals surface area contributed by atoms with Crippen LogP contribution in [0.5, 0.6) is 0 Å². The first-order chi connectivity index (χ1) is 68.9. The molecule has 4 aromatic carbocycles. The van der Waals surface area contributed by atoms with Gasteiger partial charge in [-0.3, -0.25) is 20.2 Å². The number of halogens is 24. The number of fused-ring (bicyclic) bond motifs is 8. The van der Waals surface area contributed by atoms with Crippen LogP contribution in [0.1, 0.15) is 72.2 Å². The number of alkyl halides is 24. The number of nitro benzene ring substituents is 2. The fourth-order valence-electron chi connectivity index (χ4n) is 17.1.